The minimum atomic E-state index is -0.400. The second-order valence-corrected chi connectivity index (χ2v) is 9.81. The molecule has 6 heteroatoms. The Kier molecular flexibility index (Phi) is 9.78. The number of fused-ring (bicyclic) bond motifs is 2. The molecule has 6 nitrogen and oxygen atoms in total. The standard InChI is InChI=1S/C34H41N2O4/c1-7-35(8-2)26-15-17-29-31(21-26)40-32-22-27(36(9-3)10-4)16-18-30(32)33(29)28-14-12-11-13-25(28)23-38-19-20-39-34(37)24(5)6/h11-18,21-22H,5,7-10,19-20,23H2,1-4,6H3/q+1. The molecular formula is C34H41N2O4+. The van der Waals surface area contributed by atoms with Crippen LogP contribution in [-0.2, 0) is 20.9 Å². The number of esters is 1. The lowest BCUT2D eigenvalue weighted by molar-refractivity contribution is -0.140. The van der Waals surface area contributed by atoms with Gasteiger partial charge in [-0.15, -0.1) is 0 Å². The number of anilines is 1. The molecule has 2 aromatic carbocycles. The Morgan fingerprint density at radius 3 is 2.38 bits per heavy atom. The number of carbonyl (C=O) groups excluding carboxylic acids is 1. The summed E-state index contributed by atoms with van der Waals surface area (Å²) in [6, 6.07) is 21.3. The highest BCUT2D eigenvalue weighted by Crippen LogP contribution is 2.42. The first-order valence-corrected chi connectivity index (χ1v) is 14.2. The molecule has 0 radical (unpaired) electrons. The van der Waals surface area contributed by atoms with Crippen LogP contribution in [0.4, 0.5) is 5.69 Å². The monoisotopic (exact) mass is 541 g/mol. The molecule has 1 aliphatic heterocycles. The van der Waals surface area contributed by atoms with Gasteiger partial charge in [-0.25, -0.2) is 9.37 Å². The molecule has 1 aliphatic carbocycles. The molecule has 0 spiro atoms. The molecule has 0 N–H and O–H groups in total. The van der Waals surface area contributed by atoms with Crippen molar-refractivity contribution in [1.82, 2.24) is 4.58 Å². The lowest BCUT2D eigenvalue weighted by atomic mass is 9.91. The van der Waals surface area contributed by atoms with Crippen molar-refractivity contribution in [3.8, 4) is 22.5 Å². The minimum absolute atomic E-state index is 0.187. The summed E-state index contributed by atoms with van der Waals surface area (Å²) in [5, 5.41) is 2.20. The second kappa shape index (κ2) is 13.4. The lowest BCUT2D eigenvalue weighted by Crippen LogP contribution is -2.29. The number of nitrogens with zero attached hydrogens (tertiary/aromatic N) is 2. The van der Waals surface area contributed by atoms with E-state index in [9.17, 15) is 4.79 Å². The van der Waals surface area contributed by atoms with E-state index < -0.39 is 5.97 Å². The van der Waals surface area contributed by atoms with E-state index in [0.717, 1.165) is 76.2 Å². The zero-order valence-electron chi connectivity index (χ0n) is 24.5. The number of ether oxygens (including phenoxy) is 2. The normalized spacial score (nSPS) is 11.1. The van der Waals surface area contributed by atoms with Gasteiger partial charge in [-0.2, -0.15) is 0 Å². The van der Waals surface area contributed by atoms with Gasteiger partial charge in [0.05, 0.1) is 19.3 Å². The Labute approximate surface area is 237 Å². The Hall–Kier alpha value is -3.90. The molecule has 2 aliphatic rings. The Morgan fingerprint density at radius 2 is 1.68 bits per heavy atom. The van der Waals surface area contributed by atoms with Crippen molar-refractivity contribution in [1.29, 1.82) is 0 Å². The van der Waals surface area contributed by atoms with Crippen molar-refractivity contribution >= 4 is 22.6 Å². The van der Waals surface area contributed by atoms with Crippen LogP contribution in [0.5, 0.6) is 0 Å². The van der Waals surface area contributed by atoms with Crippen LogP contribution < -0.4 is 14.8 Å². The third-order valence-corrected chi connectivity index (χ3v) is 7.30. The van der Waals surface area contributed by atoms with E-state index in [1.165, 1.54) is 0 Å². The average molecular weight is 542 g/mol. The molecule has 0 saturated carbocycles. The molecule has 2 aromatic rings. The predicted molar refractivity (Wildman–Crippen MR) is 164 cm³/mol. The fraction of sp³-hybridized carbons (Fsp3) is 0.353. The van der Waals surface area contributed by atoms with Crippen molar-refractivity contribution in [3.63, 3.8) is 0 Å². The van der Waals surface area contributed by atoms with Gasteiger partial charge < -0.3 is 18.8 Å². The Morgan fingerprint density at radius 1 is 0.925 bits per heavy atom. The maximum absolute atomic E-state index is 11.7. The quantitative estimate of drug-likeness (QED) is 0.0674. The first-order valence-electron chi connectivity index (χ1n) is 14.2. The van der Waals surface area contributed by atoms with E-state index >= 15 is 0 Å². The predicted octanol–water partition coefficient (Wildman–Crippen LogP) is 6.50. The van der Waals surface area contributed by atoms with Gasteiger partial charge in [0.25, 0.3) is 0 Å². The van der Waals surface area contributed by atoms with E-state index in [-0.39, 0.29) is 6.61 Å². The molecule has 210 valence electrons. The summed E-state index contributed by atoms with van der Waals surface area (Å²) >= 11 is 0. The number of rotatable bonds is 12. The molecule has 0 aromatic heterocycles. The van der Waals surface area contributed by atoms with E-state index in [0.29, 0.717) is 18.8 Å². The third-order valence-electron chi connectivity index (χ3n) is 7.30. The molecule has 0 saturated heterocycles. The van der Waals surface area contributed by atoms with Gasteiger partial charge in [-0.3, -0.25) is 0 Å². The van der Waals surface area contributed by atoms with E-state index in [2.05, 4.69) is 98.3 Å². The minimum Gasteiger partial charge on any atom is -0.460 e. The number of hydrogen-bond acceptors (Lipinski definition) is 5. The van der Waals surface area contributed by atoms with Gasteiger partial charge in [0.15, 0.2) is 0 Å². The summed E-state index contributed by atoms with van der Waals surface area (Å²) in [5.74, 6) is 0.453. The van der Waals surface area contributed by atoms with Gasteiger partial charge in [-0.05, 0) is 63.9 Å². The van der Waals surface area contributed by atoms with Crippen molar-refractivity contribution in [2.45, 2.75) is 41.2 Å². The summed E-state index contributed by atoms with van der Waals surface area (Å²) in [5.41, 5.74) is 6.72. The van der Waals surface area contributed by atoms with Crippen LogP contribution in [-0.4, -0.2) is 45.4 Å². The molecule has 0 bridgehead atoms. The van der Waals surface area contributed by atoms with Gasteiger partial charge in [0.2, 0.25) is 5.36 Å². The molecule has 0 amide bonds. The molecule has 0 unspecified atom stereocenters. The molecule has 40 heavy (non-hydrogen) atoms. The third kappa shape index (κ3) is 6.28. The van der Waals surface area contributed by atoms with E-state index in [4.69, 9.17) is 13.9 Å². The Bertz CT molecular complexity index is 1520. The molecular weight excluding hydrogens is 500 g/mol. The van der Waals surface area contributed by atoms with Crippen LogP contribution in [0.15, 0.2) is 77.2 Å². The van der Waals surface area contributed by atoms with Crippen LogP contribution in [0.3, 0.4) is 0 Å². The van der Waals surface area contributed by atoms with Gasteiger partial charge in [0, 0.05) is 53.0 Å². The highest BCUT2D eigenvalue weighted by molar-refractivity contribution is 6.03. The number of hydrogen-bond donors (Lipinski definition) is 0. The van der Waals surface area contributed by atoms with Crippen LogP contribution in [0, 0.1) is 0 Å². The summed E-state index contributed by atoms with van der Waals surface area (Å²) < 4.78 is 20.1. The smallest absolute Gasteiger partial charge is 0.333 e. The summed E-state index contributed by atoms with van der Waals surface area (Å²) in [4.78, 5) is 14.0. The van der Waals surface area contributed by atoms with Crippen LogP contribution in [0.2, 0.25) is 0 Å². The maximum Gasteiger partial charge on any atom is 0.333 e. The first-order chi connectivity index (χ1) is 19.4. The van der Waals surface area contributed by atoms with Crippen LogP contribution >= 0.6 is 0 Å². The molecule has 1 heterocycles. The van der Waals surface area contributed by atoms with Crippen molar-refractivity contribution in [2.24, 2.45) is 0 Å². The molecule has 0 atom stereocenters. The summed E-state index contributed by atoms with van der Waals surface area (Å²) in [7, 11) is 0. The van der Waals surface area contributed by atoms with Crippen LogP contribution in [0.25, 0.3) is 33.4 Å². The fourth-order valence-corrected chi connectivity index (χ4v) is 5.12. The highest BCUT2D eigenvalue weighted by Gasteiger charge is 2.21. The van der Waals surface area contributed by atoms with E-state index in [1.54, 1.807) is 6.92 Å². The molecule has 0 fully saturated rings. The summed E-state index contributed by atoms with van der Waals surface area (Å²) in [6.07, 6.45) is 0. The van der Waals surface area contributed by atoms with Crippen molar-refractivity contribution in [2.75, 3.05) is 44.3 Å². The fourth-order valence-electron chi connectivity index (χ4n) is 5.12. The highest BCUT2D eigenvalue weighted by atomic mass is 16.6. The second-order valence-electron chi connectivity index (χ2n) is 9.81. The van der Waals surface area contributed by atoms with Crippen molar-refractivity contribution in [3.05, 3.63) is 83.7 Å². The number of benzene rings is 3. The van der Waals surface area contributed by atoms with Gasteiger partial charge >= 0.3 is 5.97 Å². The summed E-state index contributed by atoms with van der Waals surface area (Å²) in [6.45, 7) is 18.5. The molecule has 4 rings (SSSR count). The van der Waals surface area contributed by atoms with E-state index in [1.807, 2.05) is 6.07 Å². The average Bonchev–Trinajstić information content (AvgIpc) is 2.97. The van der Waals surface area contributed by atoms with Crippen LogP contribution in [0.1, 0.15) is 40.2 Å². The first kappa shape index (κ1) is 29.1. The zero-order chi connectivity index (χ0) is 28.6. The zero-order valence-corrected chi connectivity index (χ0v) is 24.5. The topological polar surface area (TPSA) is 54.9 Å². The maximum atomic E-state index is 11.7. The van der Waals surface area contributed by atoms with Crippen molar-refractivity contribution < 1.29 is 18.7 Å². The Balaban J connectivity index is 1.83. The number of carbonyl (C=O) groups is 1. The van der Waals surface area contributed by atoms with Gasteiger partial charge in [0.1, 0.15) is 31.0 Å². The SMILES string of the molecule is C=C(C)C(=O)OCCOCc1ccccc1-c1c2ccc(=[N+](CC)CC)cc-2oc2cc(N(CC)CC)ccc12. The lowest BCUT2D eigenvalue weighted by Gasteiger charge is -2.23. The van der Waals surface area contributed by atoms with Gasteiger partial charge in [-0.1, -0.05) is 30.8 Å². The largest absolute Gasteiger partial charge is 0.460 e.